The summed E-state index contributed by atoms with van der Waals surface area (Å²) in [6.07, 6.45) is 3.66. The highest BCUT2D eigenvalue weighted by Crippen LogP contribution is 2.52. The number of pyridine rings is 1. The van der Waals surface area contributed by atoms with E-state index in [1.54, 1.807) is 6.20 Å². The first kappa shape index (κ1) is 37.1. The molecule has 0 N–H and O–H groups in total. The number of furan rings is 1. The Kier molecular flexibility index (Phi) is 8.15. The highest BCUT2D eigenvalue weighted by Gasteiger charge is 2.36. The van der Waals surface area contributed by atoms with Crippen LogP contribution in [0.5, 0.6) is 0 Å². The number of fused-ring (bicyclic) bond motifs is 9. The van der Waals surface area contributed by atoms with E-state index >= 15 is 0 Å². The monoisotopic (exact) mass is 833 g/mol. The van der Waals surface area contributed by atoms with E-state index in [-0.39, 0.29) is 5.41 Å². The van der Waals surface area contributed by atoms with Crippen LogP contribution >= 0.6 is 0 Å². The molecule has 0 amide bonds. The van der Waals surface area contributed by atoms with E-state index in [1.807, 2.05) is 48.7 Å². The predicted octanol–water partition coefficient (Wildman–Crippen LogP) is 14.9. The highest BCUT2D eigenvalue weighted by atomic mass is 16.3. The topological polar surface area (TPSA) is 69.6 Å². The lowest BCUT2D eigenvalue weighted by Gasteiger charge is -2.22. The van der Waals surface area contributed by atoms with Crippen molar-refractivity contribution in [2.24, 2.45) is 0 Å². The third-order valence-corrected chi connectivity index (χ3v) is 13.4. The number of hydrogen-bond donors (Lipinski definition) is 0. The summed E-state index contributed by atoms with van der Waals surface area (Å²) in [5.74, 6) is 1.87. The number of rotatable bonds is 6. The molecule has 306 valence electrons. The molecule has 0 bridgehead atoms. The van der Waals surface area contributed by atoms with Gasteiger partial charge in [-0.05, 0) is 117 Å². The van der Waals surface area contributed by atoms with Gasteiger partial charge in [-0.2, -0.15) is 0 Å². The molecular weight excluding hydrogens is 795 g/mol. The first-order valence-corrected chi connectivity index (χ1v) is 22.0. The van der Waals surface area contributed by atoms with Crippen molar-refractivity contribution in [2.75, 3.05) is 0 Å². The minimum Gasteiger partial charge on any atom is -0.456 e. The molecule has 0 unspecified atom stereocenters. The van der Waals surface area contributed by atoms with Gasteiger partial charge in [-0.3, -0.25) is 4.98 Å². The van der Waals surface area contributed by atoms with Gasteiger partial charge < -0.3 is 8.98 Å². The van der Waals surface area contributed by atoms with Gasteiger partial charge in [-0.15, -0.1) is 0 Å². The Morgan fingerprint density at radius 2 is 0.985 bits per heavy atom. The molecule has 1 aliphatic rings. The number of benzene rings is 8. The van der Waals surface area contributed by atoms with Gasteiger partial charge in [-0.1, -0.05) is 129 Å². The Morgan fingerprint density at radius 1 is 0.400 bits per heavy atom. The van der Waals surface area contributed by atoms with Gasteiger partial charge in [-0.25, -0.2) is 15.0 Å². The Morgan fingerprint density at radius 3 is 1.74 bits per heavy atom. The molecule has 6 heteroatoms. The summed E-state index contributed by atoms with van der Waals surface area (Å²) >= 11 is 0. The maximum absolute atomic E-state index is 6.34. The zero-order valence-electron chi connectivity index (χ0n) is 35.7. The van der Waals surface area contributed by atoms with Crippen LogP contribution in [0, 0.1) is 0 Å². The second-order valence-electron chi connectivity index (χ2n) is 17.5. The SMILES string of the molecule is CC1(C)c2cc(-c3ccc4c(c3)c3ccccc3n4-c3ccc(-c4nc(-c5ccccc5)nc(-c5ccc(-c6cccnc6)cc5)n4)cc3)ccc2-c2cc3c(cc21)oc1ccccc13. The lowest BCUT2D eigenvalue weighted by molar-refractivity contribution is 0.647. The lowest BCUT2D eigenvalue weighted by Crippen LogP contribution is -2.15. The zero-order chi connectivity index (χ0) is 43.2. The Bertz CT molecular complexity index is 3830. The summed E-state index contributed by atoms with van der Waals surface area (Å²) in [6, 6.07) is 66.5. The van der Waals surface area contributed by atoms with E-state index in [4.69, 9.17) is 19.4 Å². The van der Waals surface area contributed by atoms with Crippen molar-refractivity contribution in [2.45, 2.75) is 19.3 Å². The molecule has 65 heavy (non-hydrogen) atoms. The molecule has 0 spiro atoms. The van der Waals surface area contributed by atoms with Crippen molar-refractivity contribution < 1.29 is 4.42 Å². The standard InChI is InChI=1S/C59H39N5O/c1-59(2)50-32-41(24-28-44(50)47-33-49-46-15-7-9-17-54(46)65-55(49)34-51(47)59)40-25-29-53-48(31-40)45-14-6-8-16-52(45)64(53)43-26-22-39(23-27-43)58-62-56(37-11-4-3-5-12-37)61-57(63-58)38-20-18-36(19-21-38)42-13-10-30-60-35-42/h3-35H,1-2H3. The number of hydrogen-bond acceptors (Lipinski definition) is 5. The number of nitrogens with zero attached hydrogens (tertiary/aromatic N) is 5. The lowest BCUT2D eigenvalue weighted by atomic mass is 9.81. The normalized spacial score (nSPS) is 12.9. The van der Waals surface area contributed by atoms with E-state index in [2.05, 4.69) is 169 Å². The number of aromatic nitrogens is 5. The molecular formula is C59H39N5O. The summed E-state index contributed by atoms with van der Waals surface area (Å²) < 4.78 is 8.70. The molecule has 0 saturated carbocycles. The first-order chi connectivity index (χ1) is 31.9. The van der Waals surface area contributed by atoms with E-state index in [0.29, 0.717) is 17.5 Å². The van der Waals surface area contributed by atoms with E-state index in [1.165, 1.54) is 49.5 Å². The molecule has 6 nitrogen and oxygen atoms in total. The van der Waals surface area contributed by atoms with Gasteiger partial charge in [0.15, 0.2) is 17.5 Å². The number of para-hydroxylation sites is 2. The smallest absolute Gasteiger partial charge is 0.164 e. The second-order valence-corrected chi connectivity index (χ2v) is 17.5. The maximum atomic E-state index is 6.34. The second kappa shape index (κ2) is 14.3. The van der Waals surface area contributed by atoms with Gasteiger partial charge in [0.25, 0.3) is 0 Å². The molecule has 0 fully saturated rings. The van der Waals surface area contributed by atoms with Gasteiger partial charge in [0.1, 0.15) is 11.2 Å². The molecule has 0 saturated heterocycles. The molecule has 13 rings (SSSR count). The average molecular weight is 834 g/mol. The third-order valence-electron chi connectivity index (χ3n) is 13.4. The van der Waals surface area contributed by atoms with Crippen LogP contribution < -0.4 is 0 Å². The van der Waals surface area contributed by atoms with E-state index < -0.39 is 0 Å². The zero-order valence-corrected chi connectivity index (χ0v) is 35.7. The van der Waals surface area contributed by atoms with Crippen molar-refractivity contribution in [3.63, 3.8) is 0 Å². The summed E-state index contributed by atoms with van der Waals surface area (Å²) in [6.45, 7) is 4.67. The molecule has 0 radical (unpaired) electrons. The molecule has 0 atom stereocenters. The van der Waals surface area contributed by atoms with Crippen LogP contribution in [0.25, 0.3) is 117 Å². The minimum absolute atomic E-state index is 0.182. The summed E-state index contributed by atoms with van der Waals surface area (Å²) in [5, 5.41) is 4.74. The van der Waals surface area contributed by atoms with Crippen molar-refractivity contribution in [1.29, 1.82) is 0 Å². The van der Waals surface area contributed by atoms with Crippen LogP contribution in [0.3, 0.4) is 0 Å². The molecule has 8 aromatic carbocycles. The Hall–Kier alpha value is -8.48. The van der Waals surface area contributed by atoms with Crippen LogP contribution in [-0.2, 0) is 5.41 Å². The van der Waals surface area contributed by atoms with Crippen LogP contribution in [0.15, 0.2) is 205 Å². The summed E-state index contributed by atoms with van der Waals surface area (Å²) in [4.78, 5) is 19.3. The molecule has 1 aliphatic carbocycles. The third kappa shape index (κ3) is 5.95. The highest BCUT2D eigenvalue weighted by molar-refractivity contribution is 6.11. The van der Waals surface area contributed by atoms with Crippen molar-refractivity contribution in [3.05, 3.63) is 212 Å². The fraction of sp³-hybridized carbons (Fsp3) is 0.0508. The van der Waals surface area contributed by atoms with Gasteiger partial charge in [0.05, 0.1) is 11.0 Å². The van der Waals surface area contributed by atoms with Crippen molar-refractivity contribution in [3.8, 4) is 73.2 Å². The summed E-state index contributed by atoms with van der Waals surface area (Å²) in [5.41, 5.74) is 17.6. The average Bonchev–Trinajstić information content (AvgIpc) is 3.98. The molecule has 0 aliphatic heterocycles. The molecule has 12 aromatic rings. The quantitative estimate of drug-likeness (QED) is 0.167. The van der Waals surface area contributed by atoms with Gasteiger partial charge >= 0.3 is 0 Å². The van der Waals surface area contributed by atoms with Crippen molar-refractivity contribution >= 4 is 43.7 Å². The van der Waals surface area contributed by atoms with E-state index in [0.717, 1.165) is 61.1 Å². The van der Waals surface area contributed by atoms with Gasteiger partial charge in [0.2, 0.25) is 0 Å². The van der Waals surface area contributed by atoms with Crippen LogP contribution in [0.4, 0.5) is 0 Å². The summed E-state index contributed by atoms with van der Waals surface area (Å²) in [7, 11) is 0. The Labute approximate surface area is 375 Å². The van der Waals surface area contributed by atoms with Gasteiger partial charge in [0, 0.05) is 61.7 Å². The van der Waals surface area contributed by atoms with Crippen LogP contribution in [0.1, 0.15) is 25.0 Å². The van der Waals surface area contributed by atoms with Crippen molar-refractivity contribution in [1.82, 2.24) is 24.5 Å². The Balaban J connectivity index is 0.866. The first-order valence-electron chi connectivity index (χ1n) is 22.0. The van der Waals surface area contributed by atoms with Crippen LogP contribution in [0.2, 0.25) is 0 Å². The minimum atomic E-state index is -0.182. The molecule has 4 aromatic heterocycles. The largest absolute Gasteiger partial charge is 0.456 e. The van der Waals surface area contributed by atoms with E-state index in [9.17, 15) is 0 Å². The predicted molar refractivity (Wildman–Crippen MR) is 264 cm³/mol. The van der Waals surface area contributed by atoms with Crippen LogP contribution in [-0.4, -0.2) is 24.5 Å². The molecule has 4 heterocycles. The fourth-order valence-electron chi connectivity index (χ4n) is 10.0. The fourth-order valence-corrected chi connectivity index (χ4v) is 10.0. The maximum Gasteiger partial charge on any atom is 0.164 e.